The third-order valence-corrected chi connectivity index (χ3v) is 5.70. The van der Waals surface area contributed by atoms with Crippen LogP contribution in [0, 0.1) is 0 Å². The van der Waals surface area contributed by atoms with Crippen LogP contribution >= 0.6 is 11.3 Å². The summed E-state index contributed by atoms with van der Waals surface area (Å²) in [5, 5.41) is 5.62. The summed E-state index contributed by atoms with van der Waals surface area (Å²) in [4.78, 5) is 27.6. The van der Waals surface area contributed by atoms with Crippen molar-refractivity contribution in [2.45, 2.75) is 25.7 Å². The van der Waals surface area contributed by atoms with Crippen molar-refractivity contribution in [1.29, 1.82) is 0 Å². The van der Waals surface area contributed by atoms with Gasteiger partial charge in [-0.25, -0.2) is 4.79 Å². The van der Waals surface area contributed by atoms with E-state index in [1.54, 1.807) is 6.92 Å². The number of piperazine rings is 1. The number of likely N-dealkylation sites (N-methyl/N-ethyl adjacent to an activating group) is 1. The average molecular weight is 353 g/mol. The molecule has 0 bridgehead atoms. The number of carbonyl (C=O) groups is 2. The Bertz CT molecular complexity index is 604. The fourth-order valence-corrected chi connectivity index (χ4v) is 4.22. The number of hydrogen-bond acceptors (Lipinski definition) is 4. The molecule has 7 heteroatoms. The first-order valence-electron chi connectivity index (χ1n) is 8.81. The molecule has 1 aromatic heterocycles. The molecule has 132 valence electrons. The summed E-state index contributed by atoms with van der Waals surface area (Å²) in [5.74, 6) is 0.128. The van der Waals surface area contributed by atoms with Crippen LogP contribution < -0.4 is 15.1 Å². The SMILES string of the molecule is CCOC(=O)c1c(C2CC2)csc1NC(=O)C[NH+]1CC[NH+](C)CC1. The minimum atomic E-state index is -0.313. The van der Waals surface area contributed by atoms with Crippen molar-refractivity contribution in [2.75, 3.05) is 51.7 Å². The van der Waals surface area contributed by atoms with E-state index in [1.807, 2.05) is 5.38 Å². The second-order valence-electron chi connectivity index (χ2n) is 6.82. The number of quaternary nitrogens is 2. The molecule has 2 heterocycles. The van der Waals surface area contributed by atoms with E-state index in [4.69, 9.17) is 4.74 Å². The molecule has 24 heavy (non-hydrogen) atoms. The van der Waals surface area contributed by atoms with E-state index in [-0.39, 0.29) is 11.9 Å². The molecule has 2 aliphatic rings. The third kappa shape index (κ3) is 4.15. The summed E-state index contributed by atoms with van der Waals surface area (Å²) < 4.78 is 5.20. The predicted molar refractivity (Wildman–Crippen MR) is 93.1 cm³/mol. The fourth-order valence-electron chi connectivity index (χ4n) is 3.18. The third-order valence-electron chi connectivity index (χ3n) is 4.79. The zero-order valence-corrected chi connectivity index (χ0v) is 15.3. The summed E-state index contributed by atoms with van der Waals surface area (Å²) in [6.07, 6.45) is 2.23. The minimum Gasteiger partial charge on any atom is -0.462 e. The van der Waals surface area contributed by atoms with Crippen molar-refractivity contribution < 1.29 is 24.1 Å². The van der Waals surface area contributed by atoms with E-state index < -0.39 is 0 Å². The molecule has 1 aliphatic carbocycles. The van der Waals surface area contributed by atoms with Gasteiger partial charge in [-0.05, 0) is 36.6 Å². The van der Waals surface area contributed by atoms with E-state index >= 15 is 0 Å². The number of rotatable bonds is 6. The van der Waals surface area contributed by atoms with E-state index in [0.717, 1.165) is 44.6 Å². The Balaban J connectivity index is 1.65. The van der Waals surface area contributed by atoms with Gasteiger partial charge in [-0.15, -0.1) is 11.3 Å². The lowest BCUT2D eigenvalue weighted by atomic mass is 10.1. The maximum Gasteiger partial charge on any atom is 0.341 e. The summed E-state index contributed by atoms with van der Waals surface area (Å²) in [5.41, 5.74) is 1.62. The van der Waals surface area contributed by atoms with Crippen molar-refractivity contribution in [3.63, 3.8) is 0 Å². The molecular weight excluding hydrogens is 326 g/mol. The van der Waals surface area contributed by atoms with Crippen LogP contribution in [-0.2, 0) is 9.53 Å². The average Bonchev–Trinajstić information content (AvgIpc) is 3.31. The molecule has 0 aromatic carbocycles. The van der Waals surface area contributed by atoms with Gasteiger partial charge in [0.05, 0.1) is 19.2 Å². The van der Waals surface area contributed by atoms with Crippen LogP contribution in [0.25, 0.3) is 0 Å². The van der Waals surface area contributed by atoms with Gasteiger partial charge in [0.1, 0.15) is 31.2 Å². The van der Waals surface area contributed by atoms with Crippen LogP contribution in [0.2, 0.25) is 0 Å². The molecule has 1 amide bonds. The standard InChI is InChI=1S/C17H25N3O3S/c1-3-23-17(22)15-13(12-4-5-12)11-24-16(15)18-14(21)10-20-8-6-19(2)7-9-20/h11-12H,3-10H2,1-2H3,(H,18,21)/p+2. The van der Waals surface area contributed by atoms with Crippen LogP contribution in [0.5, 0.6) is 0 Å². The smallest absolute Gasteiger partial charge is 0.341 e. The molecule has 6 nitrogen and oxygen atoms in total. The highest BCUT2D eigenvalue weighted by Crippen LogP contribution is 2.46. The van der Waals surface area contributed by atoms with Crippen molar-refractivity contribution in [2.24, 2.45) is 0 Å². The number of thiophene rings is 1. The highest BCUT2D eigenvalue weighted by atomic mass is 32.1. The molecular formula is C17H27N3O3S+2. The van der Waals surface area contributed by atoms with Crippen LogP contribution in [0.15, 0.2) is 5.38 Å². The predicted octanol–water partition coefficient (Wildman–Crippen LogP) is -0.846. The lowest BCUT2D eigenvalue weighted by Gasteiger charge is -2.26. The second-order valence-corrected chi connectivity index (χ2v) is 7.70. The Morgan fingerprint density at radius 1 is 1.29 bits per heavy atom. The van der Waals surface area contributed by atoms with Crippen LogP contribution in [0.1, 0.15) is 41.6 Å². The lowest BCUT2D eigenvalue weighted by Crippen LogP contribution is -3.27. The Hall–Kier alpha value is -1.44. The normalized spacial score (nSPS) is 23.8. The zero-order chi connectivity index (χ0) is 17.1. The molecule has 1 aromatic rings. The Morgan fingerprint density at radius 3 is 2.62 bits per heavy atom. The first kappa shape index (κ1) is 17.4. The largest absolute Gasteiger partial charge is 0.462 e. The molecule has 3 N–H and O–H groups in total. The summed E-state index contributed by atoms with van der Waals surface area (Å²) >= 11 is 1.44. The Kier molecular flexibility index (Phi) is 5.53. The van der Waals surface area contributed by atoms with Crippen LogP contribution in [0.3, 0.4) is 0 Å². The quantitative estimate of drug-likeness (QED) is 0.584. The molecule has 1 saturated carbocycles. The number of ether oxygens (including phenoxy) is 1. The Morgan fingerprint density at radius 2 is 2.00 bits per heavy atom. The van der Waals surface area contributed by atoms with Gasteiger partial charge < -0.3 is 19.9 Å². The van der Waals surface area contributed by atoms with Gasteiger partial charge in [-0.2, -0.15) is 0 Å². The van der Waals surface area contributed by atoms with Gasteiger partial charge in [0.2, 0.25) is 0 Å². The van der Waals surface area contributed by atoms with Gasteiger partial charge in [0, 0.05) is 0 Å². The molecule has 0 unspecified atom stereocenters. The van der Waals surface area contributed by atoms with Crippen LogP contribution in [-0.4, -0.2) is 58.3 Å². The lowest BCUT2D eigenvalue weighted by molar-refractivity contribution is -0.999. The molecule has 0 spiro atoms. The second kappa shape index (κ2) is 7.63. The molecule has 0 radical (unpaired) electrons. The van der Waals surface area contributed by atoms with E-state index in [1.165, 1.54) is 21.1 Å². The highest BCUT2D eigenvalue weighted by Gasteiger charge is 2.32. The topological polar surface area (TPSA) is 64.3 Å². The molecule has 3 rings (SSSR count). The summed E-state index contributed by atoms with van der Waals surface area (Å²) in [6.45, 7) is 6.84. The van der Waals surface area contributed by atoms with Crippen molar-refractivity contribution in [3.8, 4) is 0 Å². The number of anilines is 1. The molecule has 1 saturated heterocycles. The van der Waals surface area contributed by atoms with E-state index in [9.17, 15) is 9.59 Å². The maximum atomic E-state index is 12.4. The van der Waals surface area contributed by atoms with Crippen molar-refractivity contribution in [1.82, 2.24) is 0 Å². The highest BCUT2D eigenvalue weighted by molar-refractivity contribution is 7.15. The van der Waals surface area contributed by atoms with Gasteiger partial charge in [0.15, 0.2) is 6.54 Å². The number of nitrogens with one attached hydrogen (secondary N) is 3. The summed E-state index contributed by atoms with van der Waals surface area (Å²) in [6, 6.07) is 0. The molecule has 1 aliphatic heterocycles. The maximum absolute atomic E-state index is 12.4. The fraction of sp³-hybridized carbons (Fsp3) is 0.647. The van der Waals surface area contributed by atoms with Gasteiger partial charge in [0.25, 0.3) is 5.91 Å². The first-order valence-corrected chi connectivity index (χ1v) is 9.69. The van der Waals surface area contributed by atoms with Gasteiger partial charge >= 0.3 is 5.97 Å². The van der Waals surface area contributed by atoms with Gasteiger partial charge in [-0.1, -0.05) is 0 Å². The number of amides is 1. The number of carbonyl (C=O) groups excluding carboxylic acids is 2. The van der Waals surface area contributed by atoms with Crippen molar-refractivity contribution in [3.05, 3.63) is 16.5 Å². The Labute approximate surface area is 146 Å². The first-order chi connectivity index (χ1) is 11.6. The van der Waals surface area contributed by atoms with E-state index in [2.05, 4.69) is 12.4 Å². The zero-order valence-electron chi connectivity index (χ0n) is 14.4. The number of esters is 1. The van der Waals surface area contributed by atoms with Crippen molar-refractivity contribution >= 4 is 28.2 Å². The minimum absolute atomic E-state index is 0.0145. The monoisotopic (exact) mass is 353 g/mol. The molecule has 0 atom stereocenters. The molecule has 2 fully saturated rings. The van der Waals surface area contributed by atoms with Gasteiger partial charge in [-0.3, -0.25) is 4.79 Å². The summed E-state index contributed by atoms with van der Waals surface area (Å²) in [7, 11) is 2.19. The van der Waals surface area contributed by atoms with E-state index in [0.29, 0.717) is 29.6 Å². The van der Waals surface area contributed by atoms with Crippen LogP contribution in [0.4, 0.5) is 5.00 Å². The number of hydrogen-bond donors (Lipinski definition) is 3.